The van der Waals surface area contributed by atoms with Gasteiger partial charge in [0.1, 0.15) is 0 Å². The van der Waals surface area contributed by atoms with E-state index in [0.717, 1.165) is 38.0 Å². The first-order valence-electron chi connectivity index (χ1n) is 6.57. The zero-order valence-electron chi connectivity index (χ0n) is 11.7. The molecule has 3 nitrogen and oxygen atoms in total. The predicted molar refractivity (Wildman–Crippen MR) is 77.3 cm³/mol. The lowest BCUT2D eigenvalue weighted by atomic mass is 9.80. The van der Waals surface area contributed by atoms with Gasteiger partial charge in [-0.15, -0.1) is 0 Å². The van der Waals surface area contributed by atoms with E-state index in [2.05, 4.69) is 26.1 Å². The summed E-state index contributed by atoms with van der Waals surface area (Å²) in [5.74, 6) is 0.938. The largest absolute Gasteiger partial charge is 0.354 e. The summed E-state index contributed by atoms with van der Waals surface area (Å²) >= 11 is 1.72. The fourth-order valence-electron chi connectivity index (χ4n) is 1.91. The van der Waals surface area contributed by atoms with Crippen LogP contribution < -0.4 is 11.1 Å². The topological polar surface area (TPSA) is 55.1 Å². The zero-order chi connectivity index (χ0) is 13.3. The summed E-state index contributed by atoms with van der Waals surface area (Å²) in [6.45, 7) is 7.31. The van der Waals surface area contributed by atoms with Gasteiger partial charge in [-0.2, -0.15) is 11.8 Å². The Morgan fingerprint density at radius 1 is 1.29 bits per heavy atom. The maximum Gasteiger partial charge on any atom is 0.236 e. The molecule has 1 atom stereocenters. The maximum atomic E-state index is 11.8. The number of amides is 1. The Bertz CT molecular complexity index is 209. The van der Waals surface area contributed by atoms with Crippen molar-refractivity contribution in [2.45, 2.75) is 52.5 Å². The van der Waals surface area contributed by atoms with Crippen LogP contribution in [0.1, 0.15) is 46.5 Å². The van der Waals surface area contributed by atoms with Gasteiger partial charge in [0.15, 0.2) is 0 Å². The summed E-state index contributed by atoms with van der Waals surface area (Å²) in [4.78, 5) is 11.8. The molecule has 0 heterocycles. The molecule has 0 saturated heterocycles. The molecule has 0 aliphatic carbocycles. The van der Waals surface area contributed by atoms with Gasteiger partial charge in [0.25, 0.3) is 0 Å². The Hall–Kier alpha value is -0.220. The van der Waals surface area contributed by atoms with Gasteiger partial charge in [0.05, 0.1) is 6.04 Å². The van der Waals surface area contributed by atoms with Gasteiger partial charge < -0.3 is 11.1 Å². The van der Waals surface area contributed by atoms with Crippen LogP contribution in [-0.2, 0) is 4.79 Å². The average Bonchev–Trinajstić information content (AvgIpc) is 2.37. The third kappa shape index (κ3) is 5.77. The van der Waals surface area contributed by atoms with Crippen LogP contribution in [0.25, 0.3) is 0 Å². The highest BCUT2D eigenvalue weighted by atomic mass is 32.2. The minimum Gasteiger partial charge on any atom is -0.354 e. The molecular weight excluding hydrogens is 232 g/mol. The van der Waals surface area contributed by atoms with Crippen molar-refractivity contribution in [1.29, 1.82) is 0 Å². The Morgan fingerprint density at radius 2 is 1.82 bits per heavy atom. The second-order valence-electron chi connectivity index (χ2n) is 4.67. The molecule has 0 rings (SSSR count). The Balaban J connectivity index is 4.12. The van der Waals surface area contributed by atoms with Crippen molar-refractivity contribution in [2.24, 2.45) is 11.1 Å². The lowest BCUT2D eigenvalue weighted by Gasteiger charge is -2.31. The molecule has 102 valence electrons. The number of hydrogen-bond acceptors (Lipinski definition) is 3. The summed E-state index contributed by atoms with van der Waals surface area (Å²) in [5.41, 5.74) is 6.08. The highest BCUT2D eigenvalue weighted by Crippen LogP contribution is 2.29. The minimum absolute atomic E-state index is 0.00113. The molecule has 4 heteroatoms. The van der Waals surface area contributed by atoms with Crippen LogP contribution in [0.5, 0.6) is 0 Å². The van der Waals surface area contributed by atoms with Crippen molar-refractivity contribution in [2.75, 3.05) is 18.6 Å². The summed E-state index contributed by atoms with van der Waals surface area (Å²) in [7, 11) is 0. The molecule has 0 fully saturated rings. The van der Waals surface area contributed by atoms with Crippen LogP contribution in [0, 0.1) is 5.41 Å². The number of carbonyl (C=O) groups excluding carboxylic acids is 1. The minimum atomic E-state index is -0.356. The van der Waals surface area contributed by atoms with Crippen molar-refractivity contribution in [3.63, 3.8) is 0 Å². The highest BCUT2D eigenvalue weighted by Gasteiger charge is 2.25. The van der Waals surface area contributed by atoms with Crippen molar-refractivity contribution in [3.05, 3.63) is 0 Å². The molecule has 0 aliphatic rings. The lowest BCUT2D eigenvalue weighted by molar-refractivity contribution is -0.123. The van der Waals surface area contributed by atoms with E-state index in [1.165, 1.54) is 0 Å². The zero-order valence-corrected chi connectivity index (χ0v) is 12.5. The predicted octanol–water partition coefficient (Wildman–Crippen LogP) is 2.40. The van der Waals surface area contributed by atoms with Crippen LogP contribution in [0.3, 0.4) is 0 Å². The molecule has 17 heavy (non-hydrogen) atoms. The third-order valence-electron chi connectivity index (χ3n) is 3.86. The molecule has 0 aromatic heterocycles. The van der Waals surface area contributed by atoms with E-state index in [0.29, 0.717) is 0 Å². The van der Waals surface area contributed by atoms with E-state index in [9.17, 15) is 4.79 Å². The van der Waals surface area contributed by atoms with Gasteiger partial charge >= 0.3 is 0 Å². The molecule has 0 aromatic carbocycles. The number of rotatable bonds is 9. The Labute approximate surface area is 110 Å². The van der Waals surface area contributed by atoms with Crippen molar-refractivity contribution < 1.29 is 4.79 Å². The summed E-state index contributed by atoms with van der Waals surface area (Å²) in [6, 6.07) is -0.356. The standard InChI is InChI=1S/C13H28N2OS/c1-5-13(6-2,7-3)10-15-12(16)11(14)8-9-17-4/h11H,5-10,14H2,1-4H3,(H,15,16)/t11-/m0/s1. The third-order valence-corrected chi connectivity index (χ3v) is 4.50. The summed E-state index contributed by atoms with van der Waals surface area (Å²) in [6.07, 6.45) is 6.08. The normalized spacial score (nSPS) is 13.5. The van der Waals surface area contributed by atoms with Gasteiger partial charge in [-0.3, -0.25) is 4.79 Å². The fourth-order valence-corrected chi connectivity index (χ4v) is 2.40. The number of carbonyl (C=O) groups is 1. The molecule has 0 aromatic rings. The summed E-state index contributed by atoms with van der Waals surface area (Å²) in [5, 5.41) is 3.01. The Morgan fingerprint density at radius 3 is 2.24 bits per heavy atom. The molecule has 0 saturated carbocycles. The monoisotopic (exact) mass is 260 g/mol. The van der Waals surface area contributed by atoms with Crippen molar-refractivity contribution in [3.8, 4) is 0 Å². The average molecular weight is 260 g/mol. The molecule has 0 unspecified atom stereocenters. The maximum absolute atomic E-state index is 11.8. The first-order chi connectivity index (χ1) is 8.05. The second-order valence-corrected chi connectivity index (χ2v) is 5.65. The highest BCUT2D eigenvalue weighted by molar-refractivity contribution is 7.98. The molecule has 3 N–H and O–H groups in total. The first kappa shape index (κ1) is 16.8. The molecule has 0 radical (unpaired) electrons. The molecule has 1 amide bonds. The van der Waals surface area contributed by atoms with Gasteiger partial charge in [0, 0.05) is 6.54 Å². The number of thioether (sulfide) groups is 1. The van der Waals surface area contributed by atoms with Gasteiger partial charge in [-0.1, -0.05) is 20.8 Å². The Kier molecular flexibility index (Phi) is 8.70. The van der Waals surface area contributed by atoms with E-state index in [-0.39, 0.29) is 17.4 Å². The van der Waals surface area contributed by atoms with E-state index >= 15 is 0 Å². The lowest BCUT2D eigenvalue weighted by Crippen LogP contribution is -2.45. The quantitative estimate of drug-likeness (QED) is 0.669. The van der Waals surface area contributed by atoms with E-state index < -0.39 is 0 Å². The van der Waals surface area contributed by atoms with Crippen LogP contribution in [0.15, 0.2) is 0 Å². The van der Waals surface area contributed by atoms with Crippen LogP contribution in [-0.4, -0.2) is 30.5 Å². The van der Waals surface area contributed by atoms with Gasteiger partial charge in [0.2, 0.25) is 5.91 Å². The van der Waals surface area contributed by atoms with Crippen molar-refractivity contribution >= 4 is 17.7 Å². The smallest absolute Gasteiger partial charge is 0.236 e. The van der Waals surface area contributed by atoms with Gasteiger partial charge in [-0.05, 0) is 43.1 Å². The van der Waals surface area contributed by atoms with Crippen LogP contribution in [0.2, 0.25) is 0 Å². The van der Waals surface area contributed by atoms with Gasteiger partial charge in [-0.25, -0.2) is 0 Å². The van der Waals surface area contributed by atoms with Crippen molar-refractivity contribution in [1.82, 2.24) is 5.32 Å². The SMILES string of the molecule is CCC(CC)(CC)CNC(=O)[C@@H](N)CCSC. The molecular formula is C13H28N2OS. The van der Waals surface area contributed by atoms with E-state index in [1.54, 1.807) is 11.8 Å². The fraction of sp³-hybridized carbons (Fsp3) is 0.923. The first-order valence-corrected chi connectivity index (χ1v) is 7.96. The number of nitrogens with two attached hydrogens (primary N) is 1. The van der Waals surface area contributed by atoms with E-state index in [4.69, 9.17) is 5.73 Å². The molecule has 0 aliphatic heterocycles. The number of nitrogens with one attached hydrogen (secondary N) is 1. The second kappa shape index (κ2) is 8.81. The summed E-state index contributed by atoms with van der Waals surface area (Å²) < 4.78 is 0. The molecule has 0 bridgehead atoms. The number of hydrogen-bond donors (Lipinski definition) is 2. The molecule has 0 spiro atoms. The van der Waals surface area contributed by atoms with Crippen LogP contribution >= 0.6 is 11.8 Å². The van der Waals surface area contributed by atoms with Crippen LogP contribution in [0.4, 0.5) is 0 Å². The van der Waals surface area contributed by atoms with E-state index in [1.807, 2.05) is 6.26 Å².